The smallest absolute Gasteiger partial charge is 0.224 e. The summed E-state index contributed by atoms with van der Waals surface area (Å²) in [6, 6.07) is 6.93. The van der Waals surface area contributed by atoms with Gasteiger partial charge in [-0.1, -0.05) is 36.6 Å². The highest BCUT2D eigenvalue weighted by atomic mass is 35.5. The zero-order valence-corrected chi connectivity index (χ0v) is 12.1. The van der Waals surface area contributed by atoms with Crippen LogP contribution in [0.15, 0.2) is 24.3 Å². The molecule has 0 radical (unpaired) electrons. The molecule has 3 nitrogen and oxygen atoms in total. The van der Waals surface area contributed by atoms with E-state index in [0.29, 0.717) is 16.9 Å². The standard InChI is InChI=1S/C16H20ClNO2/c17-11-7-5-10(6-8-11)14(9-19)18-16(20)15-12-3-1-2-4-13(12)15/h5-8,12-15,19H,1-4,9H2,(H,18,20). The van der Waals surface area contributed by atoms with Gasteiger partial charge >= 0.3 is 0 Å². The van der Waals surface area contributed by atoms with E-state index >= 15 is 0 Å². The molecule has 2 saturated carbocycles. The number of carbonyl (C=O) groups excluding carboxylic acids is 1. The van der Waals surface area contributed by atoms with Crippen molar-refractivity contribution in [1.82, 2.24) is 5.32 Å². The highest BCUT2D eigenvalue weighted by molar-refractivity contribution is 6.30. The Kier molecular flexibility index (Phi) is 3.99. The molecule has 1 aromatic carbocycles. The fourth-order valence-electron chi connectivity index (χ4n) is 3.58. The number of hydrogen-bond donors (Lipinski definition) is 2. The van der Waals surface area contributed by atoms with Gasteiger partial charge in [-0.2, -0.15) is 0 Å². The molecular formula is C16H20ClNO2. The summed E-state index contributed by atoms with van der Waals surface area (Å²) in [5.41, 5.74) is 0.897. The molecule has 0 heterocycles. The molecule has 3 rings (SSSR count). The average Bonchev–Trinajstić information content (AvgIpc) is 3.20. The van der Waals surface area contributed by atoms with Gasteiger partial charge < -0.3 is 10.4 Å². The molecule has 108 valence electrons. The van der Waals surface area contributed by atoms with Gasteiger partial charge in [-0.3, -0.25) is 4.79 Å². The summed E-state index contributed by atoms with van der Waals surface area (Å²) in [5.74, 6) is 1.47. The van der Waals surface area contributed by atoms with Gasteiger partial charge in [0.25, 0.3) is 0 Å². The molecular weight excluding hydrogens is 274 g/mol. The van der Waals surface area contributed by atoms with Gasteiger partial charge in [0.2, 0.25) is 5.91 Å². The van der Waals surface area contributed by atoms with Gasteiger partial charge in [-0.05, 0) is 42.4 Å². The molecule has 0 spiro atoms. The number of fused-ring (bicyclic) bond motifs is 1. The molecule has 2 aliphatic carbocycles. The molecule has 0 aromatic heterocycles. The van der Waals surface area contributed by atoms with Crippen LogP contribution in [0, 0.1) is 17.8 Å². The molecule has 4 heteroatoms. The van der Waals surface area contributed by atoms with Crippen LogP contribution in [-0.2, 0) is 4.79 Å². The molecule has 0 bridgehead atoms. The predicted octanol–water partition coefficient (Wildman–Crippen LogP) is 2.93. The first kappa shape index (κ1) is 13.9. The topological polar surface area (TPSA) is 49.3 Å². The van der Waals surface area contributed by atoms with Crippen molar-refractivity contribution in [3.05, 3.63) is 34.9 Å². The van der Waals surface area contributed by atoms with Gasteiger partial charge in [0, 0.05) is 10.9 Å². The number of carbonyl (C=O) groups is 1. The number of amides is 1. The SMILES string of the molecule is O=C(NC(CO)c1ccc(Cl)cc1)C1C2CCCCC21. The van der Waals surface area contributed by atoms with Crippen molar-refractivity contribution in [2.24, 2.45) is 17.8 Å². The normalized spacial score (nSPS) is 29.4. The molecule has 2 aliphatic rings. The zero-order chi connectivity index (χ0) is 14.1. The molecule has 0 saturated heterocycles. The van der Waals surface area contributed by atoms with Crippen molar-refractivity contribution in [1.29, 1.82) is 0 Å². The third-order valence-electron chi connectivity index (χ3n) is 4.73. The Labute approximate surface area is 124 Å². The summed E-state index contributed by atoms with van der Waals surface area (Å²) in [4.78, 5) is 12.3. The van der Waals surface area contributed by atoms with Crippen LogP contribution in [0.2, 0.25) is 5.02 Å². The quantitative estimate of drug-likeness (QED) is 0.897. The van der Waals surface area contributed by atoms with E-state index < -0.39 is 0 Å². The molecule has 20 heavy (non-hydrogen) atoms. The predicted molar refractivity (Wildman–Crippen MR) is 78.4 cm³/mol. The Morgan fingerprint density at radius 3 is 2.40 bits per heavy atom. The molecule has 2 fully saturated rings. The minimum atomic E-state index is -0.331. The molecule has 2 N–H and O–H groups in total. The van der Waals surface area contributed by atoms with Gasteiger partial charge in [-0.15, -0.1) is 0 Å². The van der Waals surface area contributed by atoms with Crippen LogP contribution in [0.3, 0.4) is 0 Å². The van der Waals surface area contributed by atoms with Crippen molar-refractivity contribution in [2.75, 3.05) is 6.61 Å². The Morgan fingerprint density at radius 1 is 1.25 bits per heavy atom. The fraction of sp³-hybridized carbons (Fsp3) is 0.562. The van der Waals surface area contributed by atoms with Gasteiger partial charge in [0.15, 0.2) is 0 Å². The van der Waals surface area contributed by atoms with E-state index in [9.17, 15) is 9.90 Å². The summed E-state index contributed by atoms with van der Waals surface area (Å²) in [6.07, 6.45) is 4.89. The van der Waals surface area contributed by atoms with Crippen LogP contribution in [-0.4, -0.2) is 17.6 Å². The third-order valence-corrected chi connectivity index (χ3v) is 4.98. The second-order valence-electron chi connectivity index (χ2n) is 5.93. The number of aliphatic hydroxyl groups is 1. The maximum atomic E-state index is 12.3. The Morgan fingerprint density at radius 2 is 1.85 bits per heavy atom. The third kappa shape index (κ3) is 2.70. The van der Waals surface area contributed by atoms with E-state index in [4.69, 9.17) is 11.6 Å². The molecule has 0 aliphatic heterocycles. The van der Waals surface area contributed by atoms with Crippen LogP contribution in [0.5, 0.6) is 0 Å². The van der Waals surface area contributed by atoms with Crippen LogP contribution >= 0.6 is 11.6 Å². The lowest BCUT2D eigenvalue weighted by atomic mass is 10.0. The van der Waals surface area contributed by atoms with Crippen molar-refractivity contribution < 1.29 is 9.90 Å². The summed E-state index contributed by atoms with van der Waals surface area (Å²) in [6.45, 7) is -0.0879. The highest BCUT2D eigenvalue weighted by Gasteiger charge is 2.54. The maximum Gasteiger partial charge on any atom is 0.224 e. The maximum absolute atomic E-state index is 12.3. The number of benzene rings is 1. The first-order valence-corrected chi connectivity index (χ1v) is 7.75. The zero-order valence-electron chi connectivity index (χ0n) is 11.4. The number of aliphatic hydroxyl groups excluding tert-OH is 1. The van der Waals surface area contributed by atoms with Gasteiger partial charge in [0.05, 0.1) is 12.6 Å². The van der Waals surface area contributed by atoms with E-state index in [1.165, 1.54) is 25.7 Å². The van der Waals surface area contributed by atoms with Gasteiger partial charge in [-0.25, -0.2) is 0 Å². The van der Waals surface area contributed by atoms with E-state index in [0.717, 1.165) is 5.56 Å². The Hall–Kier alpha value is -1.06. The second kappa shape index (κ2) is 5.74. The lowest BCUT2D eigenvalue weighted by Gasteiger charge is -2.17. The van der Waals surface area contributed by atoms with Gasteiger partial charge in [0.1, 0.15) is 0 Å². The summed E-state index contributed by atoms with van der Waals surface area (Å²) < 4.78 is 0. The monoisotopic (exact) mass is 293 g/mol. The first-order valence-electron chi connectivity index (χ1n) is 7.37. The van der Waals surface area contributed by atoms with Crippen LogP contribution in [0.25, 0.3) is 0 Å². The summed E-state index contributed by atoms with van der Waals surface area (Å²) in [7, 11) is 0. The Balaban J connectivity index is 1.63. The average molecular weight is 294 g/mol. The van der Waals surface area contributed by atoms with E-state index in [1.807, 2.05) is 12.1 Å². The van der Waals surface area contributed by atoms with E-state index in [1.54, 1.807) is 12.1 Å². The summed E-state index contributed by atoms with van der Waals surface area (Å²) >= 11 is 5.86. The van der Waals surface area contributed by atoms with E-state index in [2.05, 4.69) is 5.32 Å². The minimum Gasteiger partial charge on any atom is -0.394 e. The van der Waals surface area contributed by atoms with Crippen LogP contribution in [0.4, 0.5) is 0 Å². The van der Waals surface area contributed by atoms with Crippen LogP contribution < -0.4 is 5.32 Å². The van der Waals surface area contributed by atoms with Crippen molar-refractivity contribution in [3.8, 4) is 0 Å². The lowest BCUT2D eigenvalue weighted by Crippen LogP contribution is -2.32. The van der Waals surface area contributed by atoms with Crippen molar-refractivity contribution in [3.63, 3.8) is 0 Å². The number of rotatable bonds is 4. The van der Waals surface area contributed by atoms with Crippen molar-refractivity contribution in [2.45, 2.75) is 31.7 Å². The molecule has 3 unspecified atom stereocenters. The number of nitrogens with one attached hydrogen (secondary N) is 1. The Bertz CT molecular complexity index is 476. The summed E-state index contributed by atoms with van der Waals surface area (Å²) in [5, 5.41) is 13.2. The molecule has 1 aromatic rings. The first-order chi connectivity index (χ1) is 9.70. The number of hydrogen-bond acceptors (Lipinski definition) is 2. The largest absolute Gasteiger partial charge is 0.394 e. The number of halogens is 1. The van der Waals surface area contributed by atoms with Crippen molar-refractivity contribution >= 4 is 17.5 Å². The molecule has 1 amide bonds. The fourth-order valence-corrected chi connectivity index (χ4v) is 3.70. The highest BCUT2D eigenvalue weighted by Crippen LogP contribution is 2.55. The lowest BCUT2D eigenvalue weighted by molar-refractivity contribution is -0.124. The minimum absolute atomic E-state index is 0.0879. The van der Waals surface area contributed by atoms with E-state index in [-0.39, 0.29) is 24.5 Å². The van der Waals surface area contributed by atoms with Crippen LogP contribution in [0.1, 0.15) is 37.3 Å². The molecule has 3 atom stereocenters. The second-order valence-corrected chi connectivity index (χ2v) is 6.37.